The lowest BCUT2D eigenvalue weighted by Crippen LogP contribution is -2.34. The van der Waals surface area contributed by atoms with E-state index >= 15 is 0 Å². The van der Waals surface area contributed by atoms with Gasteiger partial charge in [-0.15, -0.1) is 0 Å². The van der Waals surface area contributed by atoms with Crippen LogP contribution in [-0.4, -0.2) is 26.3 Å². The second-order valence-corrected chi connectivity index (χ2v) is 4.56. The zero-order valence-electron chi connectivity index (χ0n) is 9.66. The minimum atomic E-state index is 0.495. The van der Waals surface area contributed by atoms with Gasteiger partial charge in [-0.05, 0) is 48.2 Å². The Kier molecular flexibility index (Phi) is 6.64. The normalized spacial score (nSPS) is 12.9. The van der Waals surface area contributed by atoms with E-state index < -0.39 is 0 Å². The molecule has 0 amide bonds. The molecule has 0 fully saturated rings. The molecular weight excluding hydrogens is 206 g/mol. The summed E-state index contributed by atoms with van der Waals surface area (Å²) >= 11 is 1.77. The van der Waals surface area contributed by atoms with Crippen LogP contribution in [0.15, 0.2) is 16.8 Å². The molecule has 15 heavy (non-hydrogen) atoms. The average Bonchev–Trinajstić information content (AvgIpc) is 2.75. The van der Waals surface area contributed by atoms with Crippen molar-refractivity contribution in [1.29, 1.82) is 0 Å². The molecule has 0 radical (unpaired) electrons. The molecule has 2 nitrogen and oxygen atoms in total. The van der Waals surface area contributed by atoms with E-state index in [1.807, 2.05) is 0 Å². The molecule has 0 saturated heterocycles. The highest BCUT2D eigenvalue weighted by atomic mass is 32.1. The van der Waals surface area contributed by atoms with E-state index in [1.54, 1.807) is 18.4 Å². The summed E-state index contributed by atoms with van der Waals surface area (Å²) in [5.41, 5.74) is 1.44. The van der Waals surface area contributed by atoms with Crippen LogP contribution in [0.5, 0.6) is 0 Å². The molecule has 0 saturated carbocycles. The minimum absolute atomic E-state index is 0.495. The van der Waals surface area contributed by atoms with Crippen molar-refractivity contribution in [2.45, 2.75) is 32.2 Å². The van der Waals surface area contributed by atoms with E-state index in [2.05, 4.69) is 29.1 Å². The van der Waals surface area contributed by atoms with Crippen molar-refractivity contribution in [3.05, 3.63) is 22.4 Å². The first-order valence-electron chi connectivity index (χ1n) is 5.60. The van der Waals surface area contributed by atoms with Crippen LogP contribution < -0.4 is 5.32 Å². The van der Waals surface area contributed by atoms with Crippen LogP contribution in [0.4, 0.5) is 0 Å². The van der Waals surface area contributed by atoms with E-state index in [1.165, 1.54) is 12.0 Å². The molecule has 0 aliphatic carbocycles. The fourth-order valence-electron chi connectivity index (χ4n) is 1.57. The zero-order valence-corrected chi connectivity index (χ0v) is 10.5. The number of rotatable bonds is 8. The van der Waals surface area contributed by atoms with Gasteiger partial charge in [-0.1, -0.05) is 6.92 Å². The molecule has 86 valence electrons. The van der Waals surface area contributed by atoms with Gasteiger partial charge in [0.2, 0.25) is 0 Å². The molecule has 1 aromatic heterocycles. The van der Waals surface area contributed by atoms with Crippen LogP contribution in [0.3, 0.4) is 0 Å². The van der Waals surface area contributed by atoms with Gasteiger partial charge < -0.3 is 10.1 Å². The Labute approximate surface area is 96.7 Å². The van der Waals surface area contributed by atoms with Gasteiger partial charge in [-0.2, -0.15) is 11.3 Å². The maximum atomic E-state index is 5.21. The second kappa shape index (κ2) is 7.85. The van der Waals surface area contributed by atoms with Gasteiger partial charge in [0.05, 0.1) is 6.61 Å². The summed E-state index contributed by atoms with van der Waals surface area (Å²) in [4.78, 5) is 0. The summed E-state index contributed by atoms with van der Waals surface area (Å²) in [5.74, 6) is 0. The van der Waals surface area contributed by atoms with Gasteiger partial charge >= 0.3 is 0 Å². The molecule has 0 aliphatic heterocycles. The molecule has 1 unspecified atom stereocenters. The standard InChI is InChI=1S/C12H21NOS/c1-3-7-13-12(9-14-2)5-4-11-6-8-15-10-11/h6,8,10,12-13H,3-5,7,9H2,1-2H3. The third-order valence-electron chi connectivity index (χ3n) is 2.41. The molecular formula is C12H21NOS. The molecule has 1 atom stereocenters. The lowest BCUT2D eigenvalue weighted by atomic mass is 10.1. The second-order valence-electron chi connectivity index (χ2n) is 3.78. The largest absolute Gasteiger partial charge is 0.383 e. The molecule has 0 aliphatic rings. The third kappa shape index (κ3) is 5.30. The number of methoxy groups -OCH3 is 1. The van der Waals surface area contributed by atoms with Gasteiger partial charge in [-0.3, -0.25) is 0 Å². The quantitative estimate of drug-likeness (QED) is 0.737. The van der Waals surface area contributed by atoms with Gasteiger partial charge in [0.15, 0.2) is 0 Å². The molecule has 1 rings (SSSR count). The van der Waals surface area contributed by atoms with Crippen LogP contribution >= 0.6 is 11.3 Å². The molecule has 1 heterocycles. The summed E-state index contributed by atoms with van der Waals surface area (Å²) in [6.45, 7) is 4.08. The van der Waals surface area contributed by atoms with Crippen LogP contribution in [-0.2, 0) is 11.2 Å². The number of hydrogen-bond acceptors (Lipinski definition) is 3. The highest BCUT2D eigenvalue weighted by Gasteiger charge is 2.07. The fourth-order valence-corrected chi connectivity index (χ4v) is 2.27. The number of thiophene rings is 1. The minimum Gasteiger partial charge on any atom is -0.383 e. The first kappa shape index (κ1) is 12.7. The van der Waals surface area contributed by atoms with Gasteiger partial charge in [0.1, 0.15) is 0 Å². The maximum Gasteiger partial charge on any atom is 0.0615 e. The highest BCUT2D eigenvalue weighted by Crippen LogP contribution is 2.10. The summed E-state index contributed by atoms with van der Waals surface area (Å²) in [6.07, 6.45) is 3.48. The number of hydrogen-bond donors (Lipinski definition) is 1. The van der Waals surface area contributed by atoms with Crippen LogP contribution in [0.25, 0.3) is 0 Å². The van der Waals surface area contributed by atoms with Gasteiger partial charge in [-0.25, -0.2) is 0 Å². The van der Waals surface area contributed by atoms with Crippen LogP contribution in [0.2, 0.25) is 0 Å². The first-order valence-corrected chi connectivity index (χ1v) is 6.54. The topological polar surface area (TPSA) is 21.3 Å². The monoisotopic (exact) mass is 227 g/mol. The third-order valence-corrected chi connectivity index (χ3v) is 3.14. The summed E-state index contributed by atoms with van der Waals surface area (Å²) in [6, 6.07) is 2.70. The summed E-state index contributed by atoms with van der Waals surface area (Å²) < 4.78 is 5.21. The Morgan fingerprint density at radius 2 is 2.40 bits per heavy atom. The Hall–Kier alpha value is -0.380. The molecule has 0 bridgehead atoms. The Bertz CT molecular complexity index is 236. The molecule has 3 heteroatoms. The van der Waals surface area contributed by atoms with E-state index in [4.69, 9.17) is 4.74 Å². The van der Waals surface area contributed by atoms with E-state index in [0.29, 0.717) is 6.04 Å². The Morgan fingerprint density at radius 3 is 3.00 bits per heavy atom. The number of aryl methyl sites for hydroxylation is 1. The zero-order chi connectivity index (χ0) is 10.9. The summed E-state index contributed by atoms with van der Waals surface area (Å²) in [5, 5.41) is 7.88. The van der Waals surface area contributed by atoms with Crippen molar-refractivity contribution >= 4 is 11.3 Å². The van der Waals surface area contributed by atoms with E-state index in [9.17, 15) is 0 Å². The van der Waals surface area contributed by atoms with Crippen molar-refractivity contribution in [2.24, 2.45) is 0 Å². The molecule has 0 aromatic carbocycles. The first-order chi connectivity index (χ1) is 7.36. The van der Waals surface area contributed by atoms with Crippen molar-refractivity contribution in [3.8, 4) is 0 Å². The highest BCUT2D eigenvalue weighted by molar-refractivity contribution is 7.07. The lowest BCUT2D eigenvalue weighted by Gasteiger charge is -2.17. The number of ether oxygens (including phenoxy) is 1. The molecule has 0 spiro atoms. The Balaban J connectivity index is 2.24. The van der Waals surface area contributed by atoms with Crippen LogP contribution in [0, 0.1) is 0 Å². The van der Waals surface area contributed by atoms with Crippen molar-refractivity contribution in [1.82, 2.24) is 5.32 Å². The predicted molar refractivity (Wildman–Crippen MR) is 66.6 cm³/mol. The average molecular weight is 227 g/mol. The fraction of sp³-hybridized carbons (Fsp3) is 0.667. The van der Waals surface area contributed by atoms with Crippen molar-refractivity contribution in [2.75, 3.05) is 20.3 Å². The summed E-state index contributed by atoms with van der Waals surface area (Å²) in [7, 11) is 1.77. The SMILES string of the molecule is CCCNC(CCc1ccsc1)COC. The predicted octanol–water partition coefficient (Wildman–Crippen LogP) is 2.70. The van der Waals surface area contributed by atoms with Crippen molar-refractivity contribution in [3.63, 3.8) is 0 Å². The smallest absolute Gasteiger partial charge is 0.0615 e. The van der Waals surface area contributed by atoms with E-state index in [0.717, 1.165) is 26.0 Å². The van der Waals surface area contributed by atoms with Gasteiger partial charge in [0.25, 0.3) is 0 Å². The van der Waals surface area contributed by atoms with E-state index in [-0.39, 0.29) is 0 Å². The molecule has 1 aromatic rings. The van der Waals surface area contributed by atoms with Crippen molar-refractivity contribution < 1.29 is 4.74 Å². The maximum absolute atomic E-state index is 5.21. The van der Waals surface area contributed by atoms with Crippen LogP contribution in [0.1, 0.15) is 25.3 Å². The lowest BCUT2D eigenvalue weighted by molar-refractivity contribution is 0.162. The molecule has 1 N–H and O–H groups in total. The van der Waals surface area contributed by atoms with Gasteiger partial charge in [0, 0.05) is 13.2 Å². The Morgan fingerprint density at radius 1 is 1.53 bits per heavy atom. The number of nitrogens with one attached hydrogen (secondary N) is 1.